The molecule has 0 saturated carbocycles. The summed E-state index contributed by atoms with van der Waals surface area (Å²) in [5.74, 6) is 0.486. The number of halogens is 1. The maximum Gasteiger partial charge on any atom is 0.269 e. The maximum atomic E-state index is 11.9. The second kappa shape index (κ2) is 6.62. The van der Waals surface area contributed by atoms with Gasteiger partial charge in [-0.1, -0.05) is 22.0 Å². The Balaban J connectivity index is 1.97. The van der Waals surface area contributed by atoms with Gasteiger partial charge in [0.2, 0.25) is 0 Å². The van der Waals surface area contributed by atoms with Crippen LogP contribution >= 0.6 is 15.9 Å². The molecule has 0 atom stereocenters. The SMILES string of the molecule is COc1cc(Br)ccc1CCNC(=O)c1cc(=O)[nH]n1C. The number of carbonyl (C=O) groups excluding carboxylic acids is 1. The number of ether oxygens (including phenoxy) is 1. The maximum absolute atomic E-state index is 11.9. The first-order valence-corrected chi connectivity index (χ1v) is 7.17. The lowest BCUT2D eigenvalue weighted by molar-refractivity contribution is 0.0944. The predicted molar refractivity (Wildman–Crippen MR) is 82.8 cm³/mol. The number of H-pyrrole nitrogens is 1. The van der Waals surface area contributed by atoms with Gasteiger partial charge in [0.25, 0.3) is 11.5 Å². The first-order chi connectivity index (χ1) is 10.0. The summed E-state index contributed by atoms with van der Waals surface area (Å²) in [5.41, 5.74) is 1.02. The van der Waals surface area contributed by atoms with E-state index in [1.54, 1.807) is 14.2 Å². The molecule has 1 amide bonds. The van der Waals surface area contributed by atoms with Gasteiger partial charge < -0.3 is 10.1 Å². The molecule has 0 aliphatic carbocycles. The minimum absolute atomic E-state index is 0.285. The highest BCUT2D eigenvalue weighted by Crippen LogP contribution is 2.23. The van der Waals surface area contributed by atoms with Crippen LogP contribution in [-0.4, -0.2) is 29.3 Å². The molecule has 0 fully saturated rings. The first kappa shape index (κ1) is 15.4. The van der Waals surface area contributed by atoms with Crippen LogP contribution in [0.5, 0.6) is 5.75 Å². The molecule has 0 spiro atoms. The Morgan fingerprint density at radius 2 is 2.19 bits per heavy atom. The van der Waals surface area contributed by atoms with Crippen molar-refractivity contribution in [3.63, 3.8) is 0 Å². The van der Waals surface area contributed by atoms with Gasteiger partial charge in [0.15, 0.2) is 0 Å². The van der Waals surface area contributed by atoms with Gasteiger partial charge in [0.1, 0.15) is 11.4 Å². The predicted octanol–water partition coefficient (Wildman–Crippen LogP) is 1.46. The van der Waals surface area contributed by atoms with Crippen LogP contribution < -0.4 is 15.6 Å². The van der Waals surface area contributed by atoms with Crippen molar-refractivity contribution < 1.29 is 9.53 Å². The molecule has 0 aliphatic rings. The standard InChI is InChI=1S/C14H16BrN3O3/c1-18-11(8-13(19)17-18)14(20)16-6-5-9-3-4-10(15)7-12(9)21-2/h3-4,7-8H,5-6H2,1-2H3,(H,16,20)(H,17,19). The number of carbonyl (C=O) groups is 1. The van der Waals surface area contributed by atoms with Gasteiger partial charge in [-0.15, -0.1) is 0 Å². The van der Waals surface area contributed by atoms with Crippen LogP contribution in [0.3, 0.4) is 0 Å². The summed E-state index contributed by atoms with van der Waals surface area (Å²) in [4.78, 5) is 23.1. The average Bonchev–Trinajstić information content (AvgIpc) is 2.79. The third-order valence-electron chi connectivity index (χ3n) is 3.07. The molecule has 2 aromatic rings. The van der Waals surface area contributed by atoms with Crippen molar-refractivity contribution in [3.05, 3.63) is 50.3 Å². The molecule has 0 bridgehead atoms. The molecule has 1 heterocycles. The van der Waals surface area contributed by atoms with E-state index >= 15 is 0 Å². The zero-order valence-corrected chi connectivity index (χ0v) is 13.4. The van der Waals surface area contributed by atoms with E-state index in [9.17, 15) is 9.59 Å². The Morgan fingerprint density at radius 3 is 2.81 bits per heavy atom. The van der Waals surface area contributed by atoms with Crippen LogP contribution in [-0.2, 0) is 13.5 Å². The van der Waals surface area contributed by atoms with Crippen LogP contribution in [0.25, 0.3) is 0 Å². The van der Waals surface area contributed by atoms with E-state index < -0.39 is 0 Å². The fourth-order valence-electron chi connectivity index (χ4n) is 2.02. The minimum atomic E-state index is -0.294. The molecule has 0 unspecified atom stereocenters. The van der Waals surface area contributed by atoms with Gasteiger partial charge in [-0.25, -0.2) is 0 Å². The largest absolute Gasteiger partial charge is 0.496 e. The molecule has 1 aromatic carbocycles. The minimum Gasteiger partial charge on any atom is -0.496 e. The van der Waals surface area contributed by atoms with Crippen molar-refractivity contribution in [2.45, 2.75) is 6.42 Å². The lowest BCUT2D eigenvalue weighted by atomic mass is 10.1. The monoisotopic (exact) mass is 353 g/mol. The number of rotatable bonds is 5. The number of nitrogens with zero attached hydrogens (tertiary/aromatic N) is 1. The number of benzene rings is 1. The number of aryl methyl sites for hydroxylation is 1. The summed E-state index contributed by atoms with van der Waals surface area (Å²) in [5, 5.41) is 5.28. The molecule has 2 rings (SSSR count). The number of nitrogens with one attached hydrogen (secondary N) is 2. The summed E-state index contributed by atoms with van der Waals surface area (Å²) in [6.07, 6.45) is 0.639. The molecule has 0 saturated heterocycles. The Morgan fingerprint density at radius 1 is 1.43 bits per heavy atom. The van der Waals surface area contributed by atoms with Crippen LogP contribution in [0.15, 0.2) is 33.5 Å². The van der Waals surface area contributed by atoms with E-state index in [0.29, 0.717) is 18.7 Å². The number of methoxy groups -OCH3 is 1. The zero-order chi connectivity index (χ0) is 15.4. The van der Waals surface area contributed by atoms with Crippen molar-refractivity contribution >= 4 is 21.8 Å². The Labute approximate surface area is 130 Å². The Hall–Kier alpha value is -2.02. The van der Waals surface area contributed by atoms with E-state index in [0.717, 1.165) is 15.8 Å². The van der Waals surface area contributed by atoms with Crippen molar-refractivity contribution in [2.24, 2.45) is 7.05 Å². The molecule has 1 aromatic heterocycles. The third kappa shape index (κ3) is 3.75. The number of hydrogen-bond acceptors (Lipinski definition) is 3. The Bertz CT molecular complexity index is 706. The topological polar surface area (TPSA) is 76.1 Å². The summed E-state index contributed by atoms with van der Waals surface area (Å²) in [6.45, 7) is 0.455. The molecule has 6 nitrogen and oxygen atoms in total. The first-order valence-electron chi connectivity index (χ1n) is 6.38. The van der Waals surface area contributed by atoms with Crippen molar-refractivity contribution in [2.75, 3.05) is 13.7 Å². The highest BCUT2D eigenvalue weighted by molar-refractivity contribution is 9.10. The lowest BCUT2D eigenvalue weighted by Crippen LogP contribution is -2.27. The van der Waals surface area contributed by atoms with Gasteiger partial charge in [-0.3, -0.25) is 19.4 Å². The lowest BCUT2D eigenvalue weighted by Gasteiger charge is -2.10. The van der Waals surface area contributed by atoms with Gasteiger partial charge in [0.05, 0.1) is 7.11 Å². The molecular formula is C14H16BrN3O3. The van der Waals surface area contributed by atoms with E-state index in [2.05, 4.69) is 26.3 Å². The van der Waals surface area contributed by atoms with Crippen molar-refractivity contribution in [3.8, 4) is 5.75 Å². The Kier molecular flexibility index (Phi) is 4.85. The summed E-state index contributed by atoms with van der Waals surface area (Å²) in [6, 6.07) is 7.03. The summed E-state index contributed by atoms with van der Waals surface area (Å²) >= 11 is 3.38. The van der Waals surface area contributed by atoms with Crippen molar-refractivity contribution in [1.29, 1.82) is 0 Å². The van der Waals surface area contributed by atoms with E-state index in [1.165, 1.54) is 10.7 Å². The molecule has 0 aliphatic heterocycles. The van der Waals surface area contributed by atoms with Crippen LogP contribution in [0.2, 0.25) is 0 Å². The molecule has 21 heavy (non-hydrogen) atoms. The highest BCUT2D eigenvalue weighted by Gasteiger charge is 2.11. The number of amides is 1. The molecule has 0 radical (unpaired) electrons. The van der Waals surface area contributed by atoms with Gasteiger partial charge in [-0.05, 0) is 24.1 Å². The van der Waals surface area contributed by atoms with Crippen LogP contribution in [0.1, 0.15) is 16.1 Å². The van der Waals surface area contributed by atoms with Gasteiger partial charge in [-0.2, -0.15) is 0 Å². The van der Waals surface area contributed by atoms with Crippen LogP contribution in [0, 0.1) is 0 Å². The molecule has 2 N–H and O–H groups in total. The quantitative estimate of drug-likeness (QED) is 0.854. The van der Waals surface area contributed by atoms with E-state index in [-0.39, 0.29) is 11.5 Å². The zero-order valence-electron chi connectivity index (χ0n) is 11.8. The fourth-order valence-corrected chi connectivity index (χ4v) is 2.36. The second-order valence-electron chi connectivity index (χ2n) is 4.53. The number of aromatic amines is 1. The summed E-state index contributed by atoms with van der Waals surface area (Å²) < 4.78 is 7.64. The highest BCUT2D eigenvalue weighted by atomic mass is 79.9. The van der Waals surface area contributed by atoms with Gasteiger partial charge >= 0.3 is 0 Å². The normalized spacial score (nSPS) is 10.4. The fraction of sp³-hybridized carbons (Fsp3) is 0.286. The van der Waals surface area contributed by atoms with Crippen molar-refractivity contribution in [1.82, 2.24) is 15.1 Å². The smallest absolute Gasteiger partial charge is 0.269 e. The third-order valence-corrected chi connectivity index (χ3v) is 3.56. The van der Waals surface area contributed by atoms with Crippen LogP contribution in [0.4, 0.5) is 0 Å². The van der Waals surface area contributed by atoms with E-state index in [1.807, 2.05) is 18.2 Å². The average molecular weight is 354 g/mol. The number of hydrogen-bond donors (Lipinski definition) is 2. The molecule has 112 valence electrons. The number of aromatic nitrogens is 2. The second-order valence-corrected chi connectivity index (χ2v) is 5.44. The molecular weight excluding hydrogens is 338 g/mol. The molecule has 7 heteroatoms. The van der Waals surface area contributed by atoms with E-state index in [4.69, 9.17) is 4.74 Å². The summed E-state index contributed by atoms with van der Waals surface area (Å²) in [7, 11) is 3.23. The van der Waals surface area contributed by atoms with Gasteiger partial charge in [0, 0.05) is 24.1 Å².